The number of rotatable bonds is 4. The Labute approximate surface area is 97.6 Å². The first-order valence-electron chi connectivity index (χ1n) is 4.46. The summed E-state index contributed by atoms with van der Waals surface area (Å²) in [7, 11) is 1.81. The van der Waals surface area contributed by atoms with E-state index in [-0.39, 0.29) is 0 Å². The van der Waals surface area contributed by atoms with Crippen molar-refractivity contribution in [2.24, 2.45) is 7.05 Å². The highest BCUT2D eigenvalue weighted by Gasteiger charge is 2.15. The summed E-state index contributed by atoms with van der Waals surface area (Å²) in [6.07, 6.45) is 0. The number of carboxylic acid groups (broad SMARTS) is 1. The molecule has 0 aliphatic rings. The van der Waals surface area contributed by atoms with Gasteiger partial charge >= 0.3 is 5.97 Å². The summed E-state index contributed by atoms with van der Waals surface area (Å²) in [4.78, 5) is 10.6. The fourth-order valence-corrected chi connectivity index (χ4v) is 2.30. The van der Waals surface area contributed by atoms with Crippen molar-refractivity contribution in [3.05, 3.63) is 16.4 Å². The third kappa shape index (κ3) is 2.89. The quantitative estimate of drug-likeness (QED) is 0.887. The van der Waals surface area contributed by atoms with E-state index in [9.17, 15) is 4.79 Å². The van der Waals surface area contributed by atoms with Crippen LogP contribution >= 0.6 is 23.4 Å². The minimum atomic E-state index is -0.810. The summed E-state index contributed by atoms with van der Waals surface area (Å²) in [5.74, 6) is -0.251. The molecule has 1 heterocycles. The lowest BCUT2D eigenvalue weighted by Crippen LogP contribution is -2.12. The van der Waals surface area contributed by atoms with Crippen molar-refractivity contribution in [3.63, 3.8) is 0 Å². The normalized spacial score (nSPS) is 12.8. The Kier molecular flexibility index (Phi) is 4.04. The number of aliphatic carboxylic acids is 1. The minimum absolute atomic E-state index is 0.434. The van der Waals surface area contributed by atoms with Gasteiger partial charge in [0.2, 0.25) is 0 Å². The Balaban J connectivity index is 2.69. The maximum absolute atomic E-state index is 10.6. The van der Waals surface area contributed by atoms with Crippen LogP contribution in [-0.4, -0.2) is 26.1 Å². The smallest absolute Gasteiger partial charge is 0.316 e. The number of carboxylic acids is 1. The van der Waals surface area contributed by atoms with Crippen molar-refractivity contribution >= 4 is 29.3 Å². The predicted molar refractivity (Wildman–Crippen MR) is 61.3 cm³/mol. The lowest BCUT2D eigenvalue weighted by atomic mass is 10.4. The summed E-state index contributed by atoms with van der Waals surface area (Å²) in [5, 5.41) is 13.1. The zero-order valence-corrected chi connectivity index (χ0v) is 10.4. The number of nitrogens with zero attached hydrogens (tertiary/aromatic N) is 2. The van der Waals surface area contributed by atoms with Gasteiger partial charge in [0.25, 0.3) is 0 Å². The Morgan fingerprint density at radius 3 is 2.73 bits per heavy atom. The molecule has 0 spiro atoms. The Morgan fingerprint density at radius 1 is 1.73 bits per heavy atom. The SMILES string of the molecule is Cc1nn(C)c(CSC(C)C(=O)O)c1Cl. The highest BCUT2D eigenvalue weighted by molar-refractivity contribution is 7.99. The van der Waals surface area contributed by atoms with E-state index in [0.717, 1.165) is 11.4 Å². The lowest BCUT2D eigenvalue weighted by molar-refractivity contribution is -0.136. The molecule has 1 unspecified atom stereocenters. The van der Waals surface area contributed by atoms with Crippen LogP contribution in [0.3, 0.4) is 0 Å². The first kappa shape index (κ1) is 12.4. The van der Waals surface area contributed by atoms with E-state index in [2.05, 4.69) is 5.10 Å². The van der Waals surface area contributed by atoms with Crippen LogP contribution in [0.2, 0.25) is 5.02 Å². The highest BCUT2D eigenvalue weighted by atomic mass is 35.5. The molecule has 6 heteroatoms. The summed E-state index contributed by atoms with van der Waals surface area (Å²) >= 11 is 7.37. The van der Waals surface area contributed by atoms with Crippen LogP contribution in [-0.2, 0) is 17.6 Å². The Bertz CT molecular complexity index is 378. The third-order valence-electron chi connectivity index (χ3n) is 2.08. The number of hydrogen-bond donors (Lipinski definition) is 1. The van der Waals surface area contributed by atoms with E-state index in [1.807, 2.05) is 6.92 Å². The number of thioether (sulfide) groups is 1. The van der Waals surface area contributed by atoms with Crippen molar-refractivity contribution in [2.45, 2.75) is 24.9 Å². The zero-order chi connectivity index (χ0) is 11.6. The number of aromatic nitrogens is 2. The molecule has 0 saturated heterocycles. The topological polar surface area (TPSA) is 55.1 Å². The molecule has 1 aromatic rings. The third-order valence-corrected chi connectivity index (χ3v) is 3.71. The molecule has 0 radical (unpaired) electrons. The van der Waals surface area contributed by atoms with Gasteiger partial charge in [0, 0.05) is 12.8 Å². The van der Waals surface area contributed by atoms with Crippen LogP contribution in [0.1, 0.15) is 18.3 Å². The molecule has 0 bridgehead atoms. The Hall–Kier alpha value is -0.680. The molecule has 0 saturated carbocycles. The molecule has 1 rings (SSSR count). The maximum atomic E-state index is 10.6. The number of halogens is 1. The molecule has 0 amide bonds. The number of hydrogen-bond acceptors (Lipinski definition) is 3. The molecule has 1 aromatic heterocycles. The fourth-order valence-electron chi connectivity index (χ4n) is 1.11. The summed E-state index contributed by atoms with van der Waals surface area (Å²) in [5.41, 5.74) is 1.64. The van der Waals surface area contributed by atoms with Crippen LogP contribution in [0, 0.1) is 6.92 Å². The van der Waals surface area contributed by atoms with Gasteiger partial charge in [-0.3, -0.25) is 9.48 Å². The number of carbonyl (C=O) groups is 1. The molecular weight excluding hydrogens is 236 g/mol. The molecule has 15 heavy (non-hydrogen) atoms. The van der Waals surface area contributed by atoms with Crippen molar-refractivity contribution in [3.8, 4) is 0 Å². The van der Waals surface area contributed by atoms with Gasteiger partial charge in [-0.15, -0.1) is 11.8 Å². The van der Waals surface area contributed by atoms with Gasteiger partial charge in [-0.1, -0.05) is 11.6 Å². The largest absolute Gasteiger partial charge is 0.480 e. The lowest BCUT2D eigenvalue weighted by Gasteiger charge is -2.06. The standard InChI is InChI=1S/C9H13ClN2O2S/c1-5-8(10)7(12(3)11-5)4-15-6(2)9(13)14/h6H,4H2,1-3H3,(H,13,14). The van der Waals surface area contributed by atoms with Gasteiger partial charge in [-0.25, -0.2) is 0 Å². The van der Waals surface area contributed by atoms with E-state index in [4.69, 9.17) is 16.7 Å². The van der Waals surface area contributed by atoms with Crippen LogP contribution < -0.4 is 0 Å². The molecule has 0 fully saturated rings. The summed E-state index contributed by atoms with van der Waals surface area (Å²) < 4.78 is 1.69. The minimum Gasteiger partial charge on any atom is -0.480 e. The van der Waals surface area contributed by atoms with E-state index in [1.165, 1.54) is 11.8 Å². The van der Waals surface area contributed by atoms with Gasteiger partial charge in [-0.05, 0) is 13.8 Å². The summed E-state index contributed by atoms with van der Waals surface area (Å²) in [6.45, 7) is 3.49. The molecule has 4 nitrogen and oxygen atoms in total. The van der Waals surface area contributed by atoms with Crippen molar-refractivity contribution in [1.29, 1.82) is 0 Å². The fraction of sp³-hybridized carbons (Fsp3) is 0.556. The van der Waals surface area contributed by atoms with Crippen molar-refractivity contribution in [1.82, 2.24) is 9.78 Å². The van der Waals surface area contributed by atoms with Crippen molar-refractivity contribution in [2.75, 3.05) is 0 Å². The molecule has 0 aliphatic heterocycles. The van der Waals surface area contributed by atoms with E-state index in [0.29, 0.717) is 10.8 Å². The average molecular weight is 249 g/mol. The first-order valence-corrected chi connectivity index (χ1v) is 5.88. The van der Waals surface area contributed by atoms with E-state index in [1.54, 1.807) is 18.7 Å². The van der Waals surface area contributed by atoms with Gasteiger partial charge in [0.05, 0.1) is 21.7 Å². The Morgan fingerprint density at radius 2 is 2.33 bits per heavy atom. The molecule has 84 valence electrons. The molecule has 1 N–H and O–H groups in total. The van der Waals surface area contributed by atoms with Crippen LogP contribution in [0.15, 0.2) is 0 Å². The van der Waals surface area contributed by atoms with E-state index < -0.39 is 11.2 Å². The van der Waals surface area contributed by atoms with Gasteiger partial charge in [0.1, 0.15) is 0 Å². The van der Waals surface area contributed by atoms with Crippen LogP contribution in [0.4, 0.5) is 0 Å². The molecule has 0 aliphatic carbocycles. The average Bonchev–Trinajstić information content (AvgIpc) is 2.38. The molecule has 1 atom stereocenters. The molecule has 0 aromatic carbocycles. The van der Waals surface area contributed by atoms with Gasteiger partial charge in [0.15, 0.2) is 0 Å². The zero-order valence-electron chi connectivity index (χ0n) is 8.82. The first-order chi connectivity index (χ1) is 6.93. The van der Waals surface area contributed by atoms with E-state index >= 15 is 0 Å². The van der Waals surface area contributed by atoms with Crippen molar-refractivity contribution < 1.29 is 9.90 Å². The maximum Gasteiger partial charge on any atom is 0.316 e. The summed E-state index contributed by atoms with van der Waals surface area (Å²) in [6, 6.07) is 0. The van der Waals surface area contributed by atoms with Crippen LogP contribution in [0.25, 0.3) is 0 Å². The van der Waals surface area contributed by atoms with Gasteiger partial charge < -0.3 is 5.11 Å². The van der Waals surface area contributed by atoms with Gasteiger partial charge in [-0.2, -0.15) is 5.10 Å². The van der Waals surface area contributed by atoms with Crippen LogP contribution in [0.5, 0.6) is 0 Å². The predicted octanol–water partition coefficient (Wildman–Crippen LogP) is 2.09. The molecular formula is C9H13ClN2O2S. The second-order valence-corrected chi connectivity index (χ2v) is 4.97. The monoisotopic (exact) mass is 248 g/mol. The number of aryl methyl sites for hydroxylation is 2. The highest BCUT2D eigenvalue weighted by Crippen LogP contribution is 2.25. The second kappa shape index (κ2) is 4.90. The second-order valence-electron chi connectivity index (χ2n) is 3.26.